The topological polar surface area (TPSA) is 6.48 Å². The monoisotopic (exact) mass is 222 g/mol. The molecule has 0 amide bonds. The van der Waals surface area contributed by atoms with Crippen LogP contribution in [0.5, 0.6) is 0 Å². The Labute approximate surface area is 93.5 Å². The Morgan fingerprint density at radius 2 is 1.46 bits per heavy atom. The van der Waals surface area contributed by atoms with Crippen molar-refractivity contribution in [1.29, 1.82) is 0 Å². The van der Waals surface area contributed by atoms with Crippen LogP contribution in [0.1, 0.15) is 20.3 Å². The molecule has 0 aliphatic carbocycles. The van der Waals surface area contributed by atoms with Crippen LogP contribution in [0.4, 0.5) is 0 Å². The Morgan fingerprint density at radius 1 is 1.00 bits per heavy atom. The summed E-state index contributed by atoms with van der Waals surface area (Å²) < 4.78 is 0.0596. The van der Waals surface area contributed by atoms with E-state index >= 15 is 0 Å². The molecule has 2 nitrogen and oxygen atoms in total. The maximum Gasteiger partial charge on any atom is 0.0967 e. The van der Waals surface area contributed by atoms with Crippen molar-refractivity contribution in [1.82, 2.24) is 9.80 Å². The van der Waals surface area contributed by atoms with Crippen LogP contribution in [-0.2, 0) is 0 Å². The van der Waals surface area contributed by atoms with Gasteiger partial charge >= 0.3 is 0 Å². The maximum absolute atomic E-state index is 4.23. The summed E-state index contributed by atoms with van der Waals surface area (Å²) in [6, 6.07) is 0.633. The lowest BCUT2D eigenvalue weighted by atomic mass is 10.3. The summed E-state index contributed by atoms with van der Waals surface area (Å²) in [7, 11) is 4.20. The van der Waals surface area contributed by atoms with E-state index in [4.69, 9.17) is 0 Å². The molecular weight excluding hydrogens is 200 g/mol. The van der Waals surface area contributed by atoms with Crippen LogP contribution in [0.15, 0.2) is 0 Å². The van der Waals surface area contributed by atoms with Gasteiger partial charge < -0.3 is 4.90 Å². The number of hydrogen-bond donors (Lipinski definition) is 2. The number of rotatable bonds is 6. The molecule has 0 aromatic rings. The largest absolute Gasteiger partial charge is 0.304 e. The van der Waals surface area contributed by atoms with Gasteiger partial charge in [0.05, 0.1) is 4.71 Å². The van der Waals surface area contributed by atoms with Crippen molar-refractivity contribution in [2.45, 2.75) is 31.0 Å². The minimum Gasteiger partial charge on any atom is -0.304 e. The maximum atomic E-state index is 4.23. The van der Waals surface area contributed by atoms with Gasteiger partial charge in [0.15, 0.2) is 0 Å². The molecule has 0 saturated carbocycles. The molecule has 0 spiro atoms. The van der Waals surface area contributed by atoms with E-state index in [1.54, 1.807) is 0 Å². The Balaban J connectivity index is 3.45. The quantitative estimate of drug-likeness (QED) is 0.523. The molecule has 0 N–H and O–H groups in total. The molecule has 13 heavy (non-hydrogen) atoms. The zero-order chi connectivity index (χ0) is 10.4. The first-order chi connectivity index (χ1) is 5.95. The SMILES string of the molecule is CC(C)N(C)CCCN(C)C(S)S. The Hall–Kier alpha value is 0.620. The molecule has 0 atom stereocenters. The van der Waals surface area contributed by atoms with Crippen molar-refractivity contribution in [2.75, 3.05) is 27.2 Å². The molecule has 0 heterocycles. The van der Waals surface area contributed by atoms with Crippen molar-refractivity contribution < 1.29 is 0 Å². The predicted octanol–water partition coefficient (Wildman–Crippen LogP) is 1.79. The Morgan fingerprint density at radius 3 is 1.85 bits per heavy atom. The minimum absolute atomic E-state index is 0.0596. The fourth-order valence-electron chi connectivity index (χ4n) is 0.943. The van der Waals surface area contributed by atoms with Gasteiger partial charge in [0.2, 0.25) is 0 Å². The van der Waals surface area contributed by atoms with E-state index in [2.05, 4.69) is 56.0 Å². The second-order valence-corrected chi connectivity index (χ2v) is 5.14. The van der Waals surface area contributed by atoms with Crippen molar-refractivity contribution in [3.8, 4) is 0 Å². The summed E-state index contributed by atoms with van der Waals surface area (Å²) in [4.78, 5) is 4.47. The highest BCUT2D eigenvalue weighted by Crippen LogP contribution is 2.06. The average molecular weight is 222 g/mol. The van der Waals surface area contributed by atoms with Crippen LogP contribution in [0.2, 0.25) is 0 Å². The molecule has 0 fully saturated rings. The summed E-state index contributed by atoms with van der Waals surface area (Å²) in [5, 5.41) is 0. The number of thiol groups is 2. The average Bonchev–Trinajstić information content (AvgIpc) is 2.03. The third kappa shape index (κ3) is 6.66. The van der Waals surface area contributed by atoms with Gasteiger partial charge in [-0.2, -0.15) is 0 Å². The van der Waals surface area contributed by atoms with Gasteiger partial charge in [0.25, 0.3) is 0 Å². The van der Waals surface area contributed by atoms with E-state index in [0.717, 1.165) is 13.1 Å². The number of hydrogen-bond acceptors (Lipinski definition) is 4. The van der Waals surface area contributed by atoms with Crippen molar-refractivity contribution >= 4 is 25.3 Å². The molecule has 0 aromatic carbocycles. The van der Waals surface area contributed by atoms with E-state index in [9.17, 15) is 0 Å². The van der Waals surface area contributed by atoms with Crippen LogP contribution in [0.25, 0.3) is 0 Å². The van der Waals surface area contributed by atoms with E-state index in [-0.39, 0.29) is 4.71 Å². The van der Waals surface area contributed by atoms with Crippen molar-refractivity contribution in [3.63, 3.8) is 0 Å². The van der Waals surface area contributed by atoms with E-state index in [1.165, 1.54) is 6.42 Å². The summed E-state index contributed by atoms with van der Waals surface area (Å²) in [5.74, 6) is 0. The predicted molar refractivity (Wildman–Crippen MR) is 66.8 cm³/mol. The molecule has 0 radical (unpaired) electrons. The molecule has 0 saturated heterocycles. The van der Waals surface area contributed by atoms with Gasteiger partial charge in [0.1, 0.15) is 0 Å². The lowest BCUT2D eigenvalue weighted by Crippen LogP contribution is -2.31. The van der Waals surface area contributed by atoms with Gasteiger partial charge in [-0.15, -0.1) is 25.3 Å². The molecule has 80 valence electrons. The lowest BCUT2D eigenvalue weighted by molar-refractivity contribution is 0.251. The van der Waals surface area contributed by atoms with Crippen molar-refractivity contribution in [2.24, 2.45) is 0 Å². The van der Waals surface area contributed by atoms with E-state index < -0.39 is 0 Å². The van der Waals surface area contributed by atoms with Crippen LogP contribution in [0.3, 0.4) is 0 Å². The van der Waals surface area contributed by atoms with E-state index in [1.807, 2.05) is 7.05 Å². The third-order valence-corrected chi connectivity index (χ3v) is 3.09. The number of nitrogens with zero attached hydrogens (tertiary/aromatic N) is 2. The zero-order valence-electron chi connectivity index (χ0n) is 9.06. The van der Waals surface area contributed by atoms with Crippen LogP contribution in [0, 0.1) is 0 Å². The summed E-state index contributed by atoms with van der Waals surface area (Å²) in [6.45, 7) is 6.61. The zero-order valence-corrected chi connectivity index (χ0v) is 10.9. The molecule has 0 bridgehead atoms. The molecule has 0 aliphatic rings. The second-order valence-electron chi connectivity index (χ2n) is 3.75. The van der Waals surface area contributed by atoms with Gasteiger partial charge in [-0.25, -0.2) is 0 Å². The molecule has 0 unspecified atom stereocenters. The molecule has 0 aromatic heterocycles. The molecule has 0 rings (SSSR count). The molecule has 4 heteroatoms. The van der Waals surface area contributed by atoms with Gasteiger partial charge in [0, 0.05) is 12.6 Å². The standard InChI is InChI=1S/C9H22N2S2/c1-8(2)10(3)6-5-7-11(4)9(12)13/h8-9,12-13H,5-7H2,1-4H3. The van der Waals surface area contributed by atoms with Gasteiger partial charge in [-0.1, -0.05) is 0 Å². The first-order valence-corrected chi connectivity index (χ1v) is 5.75. The fraction of sp³-hybridized carbons (Fsp3) is 1.00. The Bertz CT molecular complexity index is 115. The van der Waals surface area contributed by atoms with Crippen LogP contribution in [-0.4, -0.2) is 47.7 Å². The first kappa shape index (κ1) is 13.6. The van der Waals surface area contributed by atoms with Crippen LogP contribution < -0.4 is 0 Å². The summed E-state index contributed by atoms with van der Waals surface area (Å²) >= 11 is 8.47. The third-order valence-electron chi connectivity index (χ3n) is 2.30. The first-order valence-electron chi connectivity index (χ1n) is 4.71. The lowest BCUT2D eigenvalue weighted by Gasteiger charge is -2.24. The fourth-order valence-corrected chi connectivity index (χ4v) is 1.17. The summed E-state index contributed by atoms with van der Waals surface area (Å²) in [5.41, 5.74) is 0. The highest BCUT2D eigenvalue weighted by Gasteiger charge is 2.06. The normalized spacial score (nSPS) is 12.5. The Kier molecular flexibility index (Phi) is 7.32. The van der Waals surface area contributed by atoms with Gasteiger partial charge in [-0.3, -0.25) is 4.90 Å². The van der Waals surface area contributed by atoms with Crippen LogP contribution >= 0.6 is 25.3 Å². The smallest absolute Gasteiger partial charge is 0.0967 e. The van der Waals surface area contributed by atoms with Crippen molar-refractivity contribution in [3.05, 3.63) is 0 Å². The second kappa shape index (κ2) is 6.98. The minimum atomic E-state index is 0.0596. The van der Waals surface area contributed by atoms with Gasteiger partial charge in [-0.05, 0) is 40.9 Å². The molecular formula is C9H22N2S2. The molecule has 0 aliphatic heterocycles. The van der Waals surface area contributed by atoms with E-state index in [0.29, 0.717) is 6.04 Å². The highest BCUT2D eigenvalue weighted by atomic mass is 32.2. The summed E-state index contributed by atoms with van der Waals surface area (Å²) in [6.07, 6.45) is 1.17. The highest BCUT2D eigenvalue weighted by molar-refractivity contribution is 7.99.